The second kappa shape index (κ2) is 8.91. The molecule has 0 bridgehead atoms. The molecule has 0 aliphatic carbocycles. The molecule has 0 spiro atoms. The summed E-state index contributed by atoms with van der Waals surface area (Å²) in [6, 6.07) is 15.7. The molecule has 0 aromatic heterocycles. The monoisotopic (exact) mass is 388 g/mol. The zero-order valence-electron chi connectivity index (χ0n) is 16.0. The van der Waals surface area contributed by atoms with Crippen LogP contribution in [0.3, 0.4) is 0 Å². The van der Waals surface area contributed by atoms with Crippen molar-refractivity contribution in [2.45, 2.75) is 38.8 Å². The maximum atomic E-state index is 13.1. The maximum absolute atomic E-state index is 13.1. The summed E-state index contributed by atoms with van der Waals surface area (Å²) >= 11 is 5.92. The molecule has 2 aromatic rings. The lowest BCUT2D eigenvalue weighted by Gasteiger charge is -2.26. The van der Waals surface area contributed by atoms with Crippen LogP contribution in [-0.4, -0.2) is 30.7 Å². The fraction of sp³-hybridized carbons (Fsp3) is 0.333. The van der Waals surface area contributed by atoms with Gasteiger partial charge in [-0.3, -0.25) is 4.79 Å². The van der Waals surface area contributed by atoms with Gasteiger partial charge < -0.3 is 15.0 Å². The van der Waals surface area contributed by atoms with E-state index >= 15 is 0 Å². The molecule has 0 fully saturated rings. The number of ether oxygens (including phenoxy) is 1. The molecular weight excluding hydrogens is 364 g/mol. The molecule has 27 heavy (non-hydrogen) atoms. The van der Waals surface area contributed by atoms with Gasteiger partial charge in [-0.15, -0.1) is 0 Å². The van der Waals surface area contributed by atoms with Gasteiger partial charge in [0.05, 0.1) is 0 Å². The number of benzene rings is 2. The molecule has 0 heterocycles. The predicted octanol–water partition coefficient (Wildman–Crippen LogP) is 4.44. The van der Waals surface area contributed by atoms with Gasteiger partial charge in [-0.05, 0) is 50.6 Å². The van der Waals surface area contributed by atoms with Crippen LogP contribution in [0.4, 0.5) is 10.5 Å². The smallest absolute Gasteiger partial charge is 0.408 e. The third-order valence-electron chi connectivity index (χ3n) is 3.82. The van der Waals surface area contributed by atoms with E-state index in [-0.39, 0.29) is 5.91 Å². The van der Waals surface area contributed by atoms with Gasteiger partial charge in [0, 0.05) is 24.2 Å². The molecular formula is C21H25ClN2O3. The lowest BCUT2D eigenvalue weighted by Crippen LogP contribution is -2.50. The van der Waals surface area contributed by atoms with Gasteiger partial charge in [-0.1, -0.05) is 41.9 Å². The standard InChI is InChI=1S/C21H25ClN2O3/c1-21(2,3)27-20(26)23-18(14-15-8-6-5-7-9-15)19(25)24(4)17-12-10-16(22)11-13-17/h5-13,18H,14H2,1-4H3,(H,23,26)/t18-/m0/s1. The average molecular weight is 389 g/mol. The van der Waals surface area contributed by atoms with E-state index in [0.29, 0.717) is 17.1 Å². The molecule has 2 amide bonds. The molecule has 6 heteroatoms. The number of nitrogens with one attached hydrogen (secondary N) is 1. The van der Waals surface area contributed by atoms with Crippen LogP contribution in [0.15, 0.2) is 54.6 Å². The Morgan fingerprint density at radius 2 is 1.67 bits per heavy atom. The second-order valence-electron chi connectivity index (χ2n) is 7.26. The molecule has 0 radical (unpaired) electrons. The zero-order valence-corrected chi connectivity index (χ0v) is 16.8. The number of carbonyl (C=O) groups is 2. The normalized spacial score (nSPS) is 12.2. The molecule has 0 saturated carbocycles. The number of alkyl carbamates (subject to hydrolysis) is 1. The Morgan fingerprint density at radius 3 is 2.22 bits per heavy atom. The molecule has 1 atom stereocenters. The van der Waals surface area contributed by atoms with Crippen LogP contribution < -0.4 is 10.2 Å². The number of halogens is 1. The van der Waals surface area contributed by atoms with Gasteiger partial charge in [-0.25, -0.2) is 4.79 Å². The Kier molecular flexibility index (Phi) is 6.86. The van der Waals surface area contributed by atoms with E-state index in [1.54, 1.807) is 52.1 Å². The van der Waals surface area contributed by atoms with Crippen molar-refractivity contribution in [3.63, 3.8) is 0 Å². The molecule has 2 rings (SSSR count). The number of rotatable bonds is 5. The van der Waals surface area contributed by atoms with Crippen molar-refractivity contribution in [1.29, 1.82) is 0 Å². The summed E-state index contributed by atoms with van der Waals surface area (Å²) in [6.07, 6.45) is -0.266. The van der Waals surface area contributed by atoms with Crippen LogP contribution in [-0.2, 0) is 16.0 Å². The van der Waals surface area contributed by atoms with E-state index in [9.17, 15) is 9.59 Å². The highest BCUT2D eigenvalue weighted by Crippen LogP contribution is 2.18. The molecule has 2 aromatic carbocycles. The lowest BCUT2D eigenvalue weighted by molar-refractivity contribution is -0.120. The van der Waals surface area contributed by atoms with Crippen LogP contribution in [0.2, 0.25) is 5.02 Å². The fourth-order valence-electron chi connectivity index (χ4n) is 2.53. The van der Waals surface area contributed by atoms with Crippen molar-refractivity contribution in [2.24, 2.45) is 0 Å². The molecule has 0 unspecified atom stereocenters. The van der Waals surface area contributed by atoms with E-state index in [0.717, 1.165) is 5.56 Å². The van der Waals surface area contributed by atoms with Crippen molar-refractivity contribution in [3.05, 3.63) is 65.2 Å². The minimum atomic E-state index is -0.761. The van der Waals surface area contributed by atoms with Gasteiger partial charge in [-0.2, -0.15) is 0 Å². The third kappa shape index (κ3) is 6.61. The van der Waals surface area contributed by atoms with Crippen LogP contribution in [0.1, 0.15) is 26.3 Å². The average Bonchev–Trinajstić information content (AvgIpc) is 2.60. The Labute approximate surface area is 165 Å². The first kappa shape index (κ1) is 20.8. The maximum Gasteiger partial charge on any atom is 0.408 e. The van der Waals surface area contributed by atoms with E-state index in [1.807, 2.05) is 30.3 Å². The van der Waals surface area contributed by atoms with Gasteiger partial charge in [0.15, 0.2) is 0 Å². The Morgan fingerprint density at radius 1 is 1.07 bits per heavy atom. The summed E-state index contributed by atoms with van der Waals surface area (Å²) in [5, 5.41) is 3.30. The van der Waals surface area contributed by atoms with Crippen LogP contribution in [0.25, 0.3) is 0 Å². The number of amides is 2. The number of anilines is 1. The third-order valence-corrected chi connectivity index (χ3v) is 4.07. The highest BCUT2D eigenvalue weighted by molar-refractivity contribution is 6.30. The molecule has 0 aliphatic rings. The Balaban J connectivity index is 2.20. The van der Waals surface area contributed by atoms with Crippen LogP contribution in [0, 0.1) is 0 Å². The van der Waals surface area contributed by atoms with Crippen molar-refractivity contribution in [2.75, 3.05) is 11.9 Å². The summed E-state index contributed by atoms with van der Waals surface area (Å²) in [4.78, 5) is 26.8. The number of carbonyl (C=O) groups excluding carboxylic acids is 2. The largest absolute Gasteiger partial charge is 0.444 e. The first-order valence-corrected chi connectivity index (χ1v) is 9.10. The van der Waals surface area contributed by atoms with E-state index in [1.165, 1.54) is 4.90 Å². The van der Waals surface area contributed by atoms with Gasteiger partial charge in [0.1, 0.15) is 11.6 Å². The van der Waals surface area contributed by atoms with Gasteiger partial charge >= 0.3 is 6.09 Å². The predicted molar refractivity (Wildman–Crippen MR) is 108 cm³/mol. The topological polar surface area (TPSA) is 58.6 Å². The molecule has 0 aliphatic heterocycles. The molecule has 1 N–H and O–H groups in total. The minimum Gasteiger partial charge on any atom is -0.444 e. The van der Waals surface area contributed by atoms with Crippen LogP contribution >= 0.6 is 11.6 Å². The summed E-state index contributed by atoms with van der Waals surface area (Å²) in [7, 11) is 1.67. The zero-order chi connectivity index (χ0) is 20.0. The van der Waals surface area contributed by atoms with Crippen molar-refractivity contribution in [1.82, 2.24) is 5.32 Å². The number of hydrogen-bond acceptors (Lipinski definition) is 3. The van der Waals surface area contributed by atoms with Gasteiger partial charge in [0.2, 0.25) is 5.91 Å². The molecule has 5 nitrogen and oxygen atoms in total. The first-order chi connectivity index (χ1) is 12.7. The lowest BCUT2D eigenvalue weighted by atomic mass is 10.0. The van der Waals surface area contributed by atoms with E-state index in [2.05, 4.69) is 5.32 Å². The summed E-state index contributed by atoms with van der Waals surface area (Å²) in [5.41, 5.74) is 0.983. The number of likely N-dealkylation sites (N-methyl/N-ethyl adjacent to an activating group) is 1. The number of hydrogen-bond donors (Lipinski definition) is 1. The highest BCUT2D eigenvalue weighted by Gasteiger charge is 2.27. The molecule has 0 saturated heterocycles. The van der Waals surface area contributed by atoms with Crippen molar-refractivity contribution in [3.8, 4) is 0 Å². The second-order valence-corrected chi connectivity index (χ2v) is 7.70. The van der Waals surface area contributed by atoms with Gasteiger partial charge in [0.25, 0.3) is 0 Å². The van der Waals surface area contributed by atoms with E-state index in [4.69, 9.17) is 16.3 Å². The Bertz CT molecular complexity index is 770. The Hall–Kier alpha value is -2.53. The summed E-state index contributed by atoms with van der Waals surface area (Å²) in [6.45, 7) is 5.33. The SMILES string of the molecule is CN(C(=O)[C@H](Cc1ccccc1)NC(=O)OC(C)(C)C)c1ccc(Cl)cc1. The minimum absolute atomic E-state index is 0.243. The van der Waals surface area contributed by atoms with Crippen molar-refractivity contribution < 1.29 is 14.3 Å². The summed E-state index contributed by atoms with van der Waals surface area (Å²) in [5.74, 6) is -0.243. The highest BCUT2D eigenvalue weighted by atomic mass is 35.5. The number of nitrogens with zero attached hydrogens (tertiary/aromatic N) is 1. The fourth-order valence-corrected chi connectivity index (χ4v) is 2.65. The van der Waals surface area contributed by atoms with E-state index < -0.39 is 17.7 Å². The quantitative estimate of drug-likeness (QED) is 0.823. The summed E-state index contributed by atoms with van der Waals surface area (Å²) < 4.78 is 5.32. The molecule has 144 valence electrons. The van der Waals surface area contributed by atoms with Crippen molar-refractivity contribution >= 4 is 29.3 Å². The van der Waals surface area contributed by atoms with Crippen LogP contribution in [0.5, 0.6) is 0 Å². The first-order valence-electron chi connectivity index (χ1n) is 8.72.